The van der Waals surface area contributed by atoms with Crippen LogP contribution in [0.15, 0.2) is 93.9 Å². The summed E-state index contributed by atoms with van der Waals surface area (Å²) >= 11 is 0. The summed E-state index contributed by atoms with van der Waals surface area (Å²) in [5, 5.41) is 12.8. The van der Waals surface area contributed by atoms with Gasteiger partial charge in [-0.2, -0.15) is 0 Å². The Morgan fingerprint density at radius 3 is 2.52 bits per heavy atom. The summed E-state index contributed by atoms with van der Waals surface area (Å²) in [6, 6.07) is 21.6. The molecule has 0 saturated carbocycles. The first kappa shape index (κ1) is 32.5. The largest absolute Gasteiger partial charge is 0.494 e. The molecule has 1 aliphatic heterocycles. The molecule has 13 heteroatoms. The molecule has 44 heavy (non-hydrogen) atoms. The van der Waals surface area contributed by atoms with Gasteiger partial charge in [-0.25, -0.2) is 18.8 Å². The highest BCUT2D eigenvalue weighted by Crippen LogP contribution is 2.45. The van der Waals surface area contributed by atoms with Crippen LogP contribution in [0, 0.1) is 0 Å². The Morgan fingerprint density at radius 1 is 1.09 bits per heavy atom. The van der Waals surface area contributed by atoms with Gasteiger partial charge in [0.05, 0.1) is 17.3 Å². The molecule has 0 aromatic heterocycles. The number of carbonyl (C=O) groups is 1. The highest BCUT2D eigenvalue weighted by Gasteiger charge is 2.54. The highest BCUT2D eigenvalue weighted by atomic mass is 32.2. The minimum absolute atomic E-state index is 0.0128. The molecular weight excluding hydrogens is 584 g/mol. The Bertz CT molecular complexity index is 1590. The molecule has 0 bridgehead atoms. The number of aliphatic hydroxyl groups excluding tert-OH is 1. The topological polar surface area (TPSA) is 175 Å². The number of hydrogen-bond donors (Lipinski definition) is 3. The van der Waals surface area contributed by atoms with Crippen molar-refractivity contribution in [2.75, 3.05) is 25.5 Å². The van der Waals surface area contributed by atoms with E-state index in [1.807, 2.05) is 6.92 Å². The van der Waals surface area contributed by atoms with E-state index < -0.39 is 33.1 Å². The summed E-state index contributed by atoms with van der Waals surface area (Å²) < 4.78 is 38.9. The van der Waals surface area contributed by atoms with Crippen molar-refractivity contribution >= 4 is 27.3 Å². The molecule has 232 valence electrons. The van der Waals surface area contributed by atoms with Crippen LogP contribution in [0.3, 0.4) is 0 Å². The average molecular weight is 621 g/mol. The fourth-order valence-electron chi connectivity index (χ4n) is 4.75. The predicted octanol–water partition coefficient (Wildman–Crippen LogP) is 4.93. The lowest BCUT2D eigenvalue weighted by atomic mass is 9.84. The maximum atomic E-state index is 14.1. The van der Waals surface area contributed by atoms with Crippen LogP contribution in [0.2, 0.25) is 0 Å². The number of aliphatic imine (C=N–C) groups is 1. The predicted molar refractivity (Wildman–Crippen MR) is 166 cm³/mol. The van der Waals surface area contributed by atoms with E-state index in [9.17, 15) is 18.7 Å². The number of benzene rings is 3. The summed E-state index contributed by atoms with van der Waals surface area (Å²) in [4.78, 5) is 22.0. The molecule has 2 atom stereocenters. The fourth-order valence-corrected chi connectivity index (χ4v) is 6.14. The minimum atomic E-state index is -3.81. The van der Waals surface area contributed by atoms with Crippen molar-refractivity contribution in [3.63, 3.8) is 0 Å². The Labute approximate surface area is 256 Å². The monoisotopic (exact) mass is 620 g/mol. The lowest BCUT2D eigenvalue weighted by Gasteiger charge is -2.31. The minimum Gasteiger partial charge on any atom is -0.494 e. The highest BCUT2D eigenvalue weighted by molar-refractivity contribution is 7.91. The number of rotatable bonds is 16. The maximum Gasteiger partial charge on any atom is 0.266 e. The number of unbranched alkanes of at least 4 members (excludes halogenated alkanes) is 1. The van der Waals surface area contributed by atoms with E-state index in [2.05, 4.69) is 20.9 Å². The van der Waals surface area contributed by atoms with Crippen LogP contribution in [0.25, 0.3) is 10.4 Å². The molecule has 0 aliphatic carbocycles. The Morgan fingerprint density at radius 2 is 1.82 bits per heavy atom. The molecule has 0 radical (unpaired) electrons. The Kier molecular flexibility index (Phi) is 11.3. The van der Waals surface area contributed by atoms with E-state index in [1.54, 1.807) is 66.7 Å². The van der Waals surface area contributed by atoms with E-state index in [0.717, 1.165) is 12.8 Å². The van der Waals surface area contributed by atoms with E-state index in [0.29, 0.717) is 36.4 Å². The second-order valence-corrected chi connectivity index (χ2v) is 12.3. The van der Waals surface area contributed by atoms with Crippen molar-refractivity contribution in [3.8, 4) is 5.75 Å². The van der Waals surface area contributed by atoms with Crippen LogP contribution in [0.4, 0.5) is 5.69 Å². The second kappa shape index (κ2) is 15.3. The van der Waals surface area contributed by atoms with E-state index in [4.69, 9.17) is 19.6 Å². The molecule has 3 aromatic carbocycles. The molecule has 0 unspecified atom stereocenters. The number of nitrogens with one attached hydrogen (secondary N) is 2. The number of hydrogen-bond acceptors (Lipinski definition) is 9. The molecule has 1 amide bonds. The van der Waals surface area contributed by atoms with E-state index >= 15 is 0 Å². The molecule has 4 rings (SSSR count). The van der Waals surface area contributed by atoms with Gasteiger partial charge in [-0.15, -0.1) is 0 Å². The zero-order valence-corrected chi connectivity index (χ0v) is 25.2. The standard InChI is InChI=1S/C31H36N6O6S/c1-2-3-19-33-36-30(39)31(18-22-44(40,41)25-10-5-4-6-11-25)28(26-12-7-8-13-27(26)35-37-32)43-29(34-31)23-14-16-24(17-15-23)42-21-9-20-38/h4-8,10-17,28,33,38H,2-3,9,18-22H2,1H3,(H,36,39)/t28-,31-/m0/s1. The first-order valence-electron chi connectivity index (χ1n) is 14.4. The van der Waals surface area contributed by atoms with Crippen LogP contribution < -0.4 is 15.6 Å². The van der Waals surface area contributed by atoms with Crippen LogP contribution in [0.5, 0.6) is 5.75 Å². The third-order valence-electron chi connectivity index (χ3n) is 7.11. The van der Waals surface area contributed by atoms with Crippen molar-refractivity contribution in [1.82, 2.24) is 10.9 Å². The summed E-state index contributed by atoms with van der Waals surface area (Å²) in [5.41, 5.74) is 14.3. The third-order valence-corrected chi connectivity index (χ3v) is 8.85. The zero-order valence-electron chi connectivity index (χ0n) is 24.4. The second-order valence-electron chi connectivity index (χ2n) is 10.2. The first-order valence-corrected chi connectivity index (χ1v) is 16.1. The summed E-state index contributed by atoms with van der Waals surface area (Å²) in [7, 11) is -3.81. The summed E-state index contributed by atoms with van der Waals surface area (Å²) in [6.45, 7) is 2.87. The maximum absolute atomic E-state index is 14.1. The smallest absolute Gasteiger partial charge is 0.266 e. The van der Waals surface area contributed by atoms with Gasteiger partial charge in [0.1, 0.15) is 5.75 Å². The number of sulfone groups is 1. The summed E-state index contributed by atoms with van der Waals surface area (Å²) in [6.07, 6.45) is 0.832. The number of aliphatic hydroxyl groups is 1. The molecule has 0 saturated heterocycles. The quantitative estimate of drug-likeness (QED) is 0.0669. The fraction of sp³-hybridized carbons (Fsp3) is 0.355. The van der Waals surface area contributed by atoms with Gasteiger partial charge < -0.3 is 14.6 Å². The van der Waals surface area contributed by atoms with Crippen LogP contribution in [-0.2, 0) is 19.4 Å². The molecule has 1 heterocycles. The van der Waals surface area contributed by atoms with Gasteiger partial charge in [0.25, 0.3) is 5.91 Å². The van der Waals surface area contributed by atoms with Crippen molar-refractivity contribution in [2.24, 2.45) is 10.1 Å². The number of hydrazine groups is 1. The first-order chi connectivity index (χ1) is 21.3. The average Bonchev–Trinajstić information content (AvgIpc) is 3.44. The van der Waals surface area contributed by atoms with Crippen molar-refractivity contribution in [1.29, 1.82) is 0 Å². The molecular formula is C31H36N6O6S. The van der Waals surface area contributed by atoms with Crippen LogP contribution >= 0.6 is 0 Å². The van der Waals surface area contributed by atoms with Gasteiger partial charge in [0, 0.05) is 47.7 Å². The molecule has 0 fully saturated rings. The van der Waals surface area contributed by atoms with Gasteiger partial charge in [0.2, 0.25) is 5.90 Å². The normalized spacial score (nSPS) is 17.7. The molecule has 3 aromatic rings. The van der Waals surface area contributed by atoms with Crippen molar-refractivity contribution in [3.05, 3.63) is 100 Å². The number of azide groups is 1. The molecule has 3 N–H and O–H groups in total. The molecule has 12 nitrogen and oxygen atoms in total. The zero-order chi connectivity index (χ0) is 31.4. The van der Waals surface area contributed by atoms with Crippen molar-refractivity contribution in [2.45, 2.75) is 49.1 Å². The number of nitrogens with zero attached hydrogens (tertiary/aromatic N) is 4. The van der Waals surface area contributed by atoms with E-state index in [-0.39, 0.29) is 29.5 Å². The number of amides is 1. The Hall–Kier alpha value is -4.42. The SMILES string of the molecule is CCCCNNC(=O)[C@@]1(CCS(=O)(=O)c2ccccc2)N=C(c2ccc(OCCCO)cc2)O[C@H]1c1ccccc1N=[N+]=[N-]. The van der Waals surface area contributed by atoms with Crippen LogP contribution in [-0.4, -0.2) is 56.4 Å². The number of ether oxygens (including phenoxy) is 2. The Balaban J connectivity index is 1.79. The van der Waals surface area contributed by atoms with Gasteiger partial charge in [0.15, 0.2) is 21.5 Å². The van der Waals surface area contributed by atoms with Gasteiger partial charge in [-0.3, -0.25) is 10.2 Å². The van der Waals surface area contributed by atoms with Gasteiger partial charge in [-0.1, -0.05) is 60.9 Å². The molecule has 1 aliphatic rings. The van der Waals surface area contributed by atoms with Gasteiger partial charge >= 0.3 is 0 Å². The number of carbonyl (C=O) groups excluding carboxylic acids is 1. The lowest BCUT2D eigenvalue weighted by Crippen LogP contribution is -2.53. The van der Waals surface area contributed by atoms with E-state index in [1.165, 1.54) is 12.1 Å². The molecule has 0 spiro atoms. The lowest BCUT2D eigenvalue weighted by molar-refractivity contribution is -0.130. The third kappa shape index (κ3) is 7.74. The van der Waals surface area contributed by atoms with Crippen LogP contribution in [0.1, 0.15) is 49.8 Å². The van der Waals surface area contributed by atoms with Crippen molar-refractivity contribution < 1.29 is 27.8 Å². The van der Waals surface area contributed by atoms with Gasteiger partial charge in [-0.05, 0) is 48.4 Å². The summed E-state index contributed by atoms with van der Waals surface area (Å²) in [5.74, 6) is -0.300.